The molecule has 0 saturated heterocycles. The number of rotatable bonds is 1. The molecule has 60 valence electrons. The lowest BCUT2D eigenvalue weighted by molar-refractivity contribution is 0.0803. The molecule has 1 nitrogen and oxygen atoms in total. The van der Waals surface area contributed by atoms with Crippen molar-refractivity contribution in [2.24, 2.45) is 11.1 Å². The van der Waals surface area contributed by atoms with Crippen LogP contribution >= 0.6 is 0 Å². The first kappa shape index (κ1) is 7.99. The summed E-state index contributed by atoms with van der Waals surface area (Å²) >= 11 is 0. The molecule has 0 radical (unpaired) electrons. The first-order valence-corrected chi connectivity index (χ1v) is 4.03. The highest BCUT2D eigenvalue weighted by Crippen LogP contribution is 2.36. The standard InChI is InChI=1S/C8H16FN/c1-8(6-10)5-3-2-4-7(8)9/h7H,2-6,10H2,1H3. The molecule has 2 unspecified atom stereocenters. The van der Waals surface area contributed by atoms with Crippen LogP contribution in [0.1, 0.15) is 32.6 Å². The molecule has 2 N–H and O–H groups in total. The van der Waals surface area contributed by atoms with Crippen molar-refractivity contribution < 1.29 is 4.39 Å². The second kappa shape index (κ2) is 2.87. The van der Waals surface area contributed by atoms with E-state index in [2.05, 4.69) is 0 Å². The van der Waals surface area contributed by atoms with Crippen LogP contribution in [0.15, 0.2) is 0 Å². The van der Waals surface area contributed by atoms with E-state index in [1.165, 1.54) is 0 Å². The van der Waals surface area contributed by atoms with Crippen LogP contribution in [0.25, 0.3) is 0 Å². The Kier molecular flexibility index (Phi) is 2.29. The summed E-state index contributed by atoms with van der Waals surface area (Å²) < 4.78 is 13.2. The lowest BCUT2D eigenvalue weighted by Crippen LogP contribution is -2.39. The molecule has 0 spiro atoms. The van der Waals surface area contributed by atoms with Crippen LogP contribution in [0.4, 0.5) is 4.39 Å². The van der Waals surface area contributed by atoms with Crippen LogP contribution in [0, 0.1) is 5.41 Å². The molecule has 0 aromatic heterocycles. The number of halogens is 1. The Balaban J connectivity index is 2.54. The summed E-state index contributed by atoms with van der Waals surface area (Å²) in [7, 11) is 0. The molecule has 10 heavy (non-hydrogen) atoms. The van der Waals surface area contributed by atoms with Crippen molar-refractivity contribution in [3.63, 3.8) is 0 Å². The fraction of sp³-hybridized carbons (Fsp3) is 1.00. The number of alkyl halides is 1. The number of hydrogen-bond donors (Lipinski definition) is 1. The summed E-state index contributed by atoms with van der Waals surface area (Å²) in [5, 5.41) is 0. The van der Waals surface area contributed by atoms with E-state index in [0.29, 0.717) is 13.0 Å². The summed E-state index contributed by atoms with van der Waals surface area (Å²) in [5.74, 6) is 0. The predicted molar refractivity (Wildman–Crippen MR) is 40.5 cm³/mol. The average molecular weight is 145 g/mol. The molecule has 0 aliphatic heterocycles. The van der Waals surface area contributed by atoms with E-state index in [1.807, 2.05) is 6.92 Å². The van der Waals surface area contributed by atoms with E-state index in [4.69, 9.17) is 5.73 Å². The first-order valence-electron chi connectivity index (χ1n) is 4.03. The molecule has 1 rings (SSSR count). The Bertz CT molecular complexity index is 116. The van der Waals surface area contributed by atoms with Crippen LogP contribution < -0.4 is 5.73 Å². The molecule has 0 amide bonds. The third-order valence-corrected chi connectivity index (χ3v) is 2.68. The van der Waals surface area contributed by atoms with E-state index < -0.39 is 6.17 Å². The Labute approximate surface area is 61.8 Å². The minimum Gasteiger partial charge on any atom is -0.330 e. The summed E-state index contributed by atoms with van der Waals surface area (Å²) in [6.45, 7) is 2.45. The van der Waals surface area contributed by atoms with Gasteiger partial charge >= 0.3 is 0 Å². The maximum atomic E-state index is 13.2. The third kappa shape index (κ3) is 1.31. The molecule has 2 atom stereocenters. The molecular formula is C8H16FN. The molecule has 1 aliphatic rings. The van der Waals surface area contributed by atoms with Crippen molar-refractivity contribution in [1.82, 2.24) is 0 Å². The van der Waals surface area contributed by atoms with Gasteiger partial charge in [-0.15, -0.1) is 0 Å². The summed E-state index contributed by atoms with van der Waals surface area (Å²) in [5.41, 5.74) is 5.28. The average Bonchev–Trinajstić information content (AvgIpc) is 1.96. The minimum atomic E-state index is -0.661. The zero-order valence-corrected chi connectivity index (χ0v) is 6.57. The van der Waals surface area contributed by atoms with Crippen molar-refractivity contribution in [2.45, 2.75) is 38.8 Å². The first-order chi connectivity index (χ1) is 4.69. The van der Waals surface area contributed by atoms with Crippen LogP contribution in [-0.2, 0) is 0 Å². The minimum absolute atomic E-state index is 0.210. The van der Waals surface area contributed by atoms with Gasteiger partial charge in [0.15, 0.2) is 0 Å². The van der Waals surface area contributed by atoms with Gasteiger partial charge in [0, 0.05) is 12.0 Å². The van der Waals surface area contributed by atoms with Crippen LogP contribution in [-0.4, -0.2) is 12.7 Å². The second-order valence-electron chi connectivity index (χ2n) is 3.57. The molecule has 0 aromatic rings. The molecular weight excluding hydrogens is 129 g/mol. The van der Waals surface area contributed by atoms with Crippen molar-refractivity contribution in [1.29, 1.82) is 0 Å². The predicted octanol–water partition coefficient (Wildman–Crippen LogP) is 1.86. The molecule has 1 aliphatic carbocycles. The number of hydrogen-bond acceptors (Lipinski definition) is 1. The topological polar surface area (TPSA) is 26.0 Å². The molecule has 0 heterocycles. The molecule has 0 aromatic carbocycles. The largest absolute Gasteiger partial charge is 0.330 e. The Morgan fingerprint density at radius 1 is 1.60 bits per heavy atom. The van der Waals surface area contributed by atoms with E-state index in [0.717, 1.165) is 19.3 Å². The Morgan fingerprint density at radius 2 is 2.30 bits per heavy atom. The second-order valence-corrected chi connectivity index (χ2v) is 3.57. The Morgan fingerprint density at radius 3 is 2.70 bits per heavy atom. The van der Waals surface area contributed by atoms with Crippen molar-refractivity contribution in [3.05, 3.63) is 0 Å². The van der Waals surface area contributed by atoms with Crippen LogP contribution in [0.5, 0.6) is 0 Å². The summed E-state index contributed by atoms with van der Waals surface area (Å²) in [6.07, 6.45) is 3.20. The van der Waals surface area contributed by atoms with Gasteiger partial charge in [0.25, 0.3) is 0 Å². The molecule has 1 saturated carbocycles. The van der Waals surface area contributed by atoms with E-state index in [-0.39, 0.29) is 5.41 Å². The van der Waals surface area contributed by atoms with Gasteiger partial charge in [-0.1, -0.05) is 19.8 Å². The molecule has 2 heteroatoms. The van der Waals surface area contributed by atoms with Gasteiger partial charge in [-0.05, 0) is 12.8 Å². The normalized spacial score (nSPS) is 41.7. The summed E-state index contributed by atoms with van der Waals surface area (Å²) in [4.78, 5) is 0. The molecule has 1 fully saturated rings. The number of nitrogens with two attached hydrogens (primary N) is 1. The monoisotopic (exact) mass is 145 g/mol. The zero-order chi connectivity index (χ0) is 7.61. The van der Waals surface area contributed by atoms with Crippen molar-refractivity contribution >= 4 is 0 Å². The zero-order valence-electron chi connectivity index (χ0n) is 6.57. The quantitative estimate of drug-likeness (QED) is 0.599. The van der Waals surface area contributed by atoms with Gasteiger partial charge in [-0.2, -0.15) is 0 Å². The highest BCUT2D eigenvalue weighted by atomic mass is 19.1. The van der Waals surface area contributed by atoms with Crippen molar-refractivity contribution in [2.75, 3.05) is 6.54 Å². The lowest BCUT2D eigenvalue weighted by atomic mass is 9.74. The van der Waals surface area contributed by atoms with Gasteiger partial charge < -0.3 is 5.73 Å². The maximum absolute atomic E-state index is 13.2. The Hall–Kier alpha value is -0.110. The fourth-order valence-electron chi connectivity index (χ4n) is 1.59. The van der Waals surface area contributed by atoms with Gasteiger partial charge in [-0.25, -0.2) is 4.39 Å². The van der Waals surface area contributed by atoms with Crippen LogP contribution in [0.2, 0.25) is 0 Å². The van der Waals surface area contributed by atoms with Crippen LogP contribution in [0.3, 0.4) is 0 Å². The van der Waals surface area contributed by atoms with Gasteiger partial charge in [0.2, 0.25) is 0 Å². The SMILES string of the molecule is CC1(CN)CCCCC1F. The smallest absolute Gasteiger partial charge is 0.107 e. The van der Waals surface area contributed by atoms with E-state index >= 15 is 0 Å². The molecule has 0 bridgehead atoms. The van der Waals surface area contributed by atoms with Gasteiger partial charge in [0.1, 0.15) is 6.17 Å². The fourth-order valence-corrected chi connectivity index (χ4v) is 1.59. The van der Waals surface area contributed by atoms with Crippen molar-refractivity contribution in [3.8, 4) is 0 Å². The highest BCUT2D eigenvalue weighted by molar-refractivity contribution is 4.86. The van der Waals surface area contributed by atoms with E-state index in [1.54, 1.807) is 0 Å². The summed E-state index contributed by atoms with van der Waals surface area (Å²) in [6, 6.07) is 0. The maximum Gasteiger partial charge on any atom is 0.107 e. The van der Waals surface area contributed by atoms with E-state index in [9.17, 15) is 4.39 Å². The highest BCUT2D eigenvalue weighted by Gasteiger charge is 2.35. The third-order valence-electron chi connectivity index (χ3n) is 2.68. The van der Waals surface area contributed by atoms with Gasteiger partial charge in [0.05, 0.1) is 0 Å². The lowest BCUT2D eigenvalue weighted by Gasteiger charge is -2.35. The van der Waals surface area contributed by atoms with Gasteiger partial charge in [-0.3, -0.25) is 0 Å².